The third-order valence-electron chi connectivity index (χ3n) is 3.03. The number of rotatable bonds is 4. The Kier molecular flexibility index (Phi) is 4.62. The molecule has 2 rings (SSSR count). The first-order valence-electron chi connectivity index (χ1n) is 6.23. The topological polar surface area (TPSA) is 46.2 Å². The molecular weight excluding hydrogens is 338 g/mol. The fourth-order valence-corrected chi connectivity index (χ4v) is 3.76. The second-order valence-electron chi connectivity index (χ2n) is 4.68. The summed E-state index contributed by atoms with van der Waals surface area (Å²) in [4.78, 5) is 0.280. The summed E-state index contributed by atoms with van der Waals surface area (Å²) in [6.45, 7) is 3.75. The average Bonchev–Trinajstić information content (AvgIpc) is 2.39. The molecule has 0 heterocycles. The highest BCUT2D eigenvalue weighted by atomic mass is 79.9. The number of hydrogen-bond donors (Lipinski definition) is 1. The molecule has 0 saturated heterocycles. The zero-order valence-corrected chi connectivity index (χ0v) is 13.7. The normalized spacial score (nSPS) is 13.2. The highest BCUT2D eigenvalue weighted by Gasteiger charge is 2.19. The molecule has 3 nitrogen and oxygen atoms in total. The molecule has 5 heteroatoms. The standard InChI is InChI=1S/C15H16BrNO2S/c1-11-7-9-13(10-8-11)20(18,19)17-12(2)14-5-3-4-6-15(14)16/h3-10,12,17H,1-2H3/t12-/m1/s1. The predicted octanol–water partition coefficient (Wildman–Crippen LogP) is 3.80. The van der Waals surface area contributed by atoms with Gasteiger partial charge in [0.05, 0.1) is 4.90 Å². The number of aryl methyl sites for hydroxylation is 1. The number of nitrogens with one attached hydrogen (secondary N) is 1. The van der Waals surface area contributed by atoms with Crippen LogP contribution < -0.4 is 4.72 Å². The number of hydrogen-bond acceptors (Lipinski definition) is 2. The van der Waals surface area contributed by atoms with Gasteiger partial charge in [0.2, 0.25) is 10.0 Å². The smallest absolute Gasteiger partial charge is 0.207 e. The Morgan fingerprint density at radius 2 is 1.65 bits per heavy atom. The van der Waals surface area contributed by atoms with Gasteiger partial charge in [-0.25, -0.2) is 13.1 Å². The Morgan fingerprint density at radius 1 is 1.05 bits per heavy atom. The summed E-state index contributed by atoms with van der Waals surface area (Å²) in [6.07, 6.45) is 0. The Labute approximate surface area is 128 Å². The lowest BCUT2D eigenvalue weighted by molar-refractivity contribution is 0.566. The van der Waals surface area contributed by atoms with E-state index in [9.17, 15) is 8.42 Å². The third-order valence-corrected chi connectivity index (χ3v) is 5.31. The molecule has 1 N–H and O–H groups in total. The van der Waals surface area contributed by atoms with Gasteiger partial charge in [0.15, 0.2) is 0 Å². The second-order valence-corrected chi connectivity index (χ2v) is 7.25. The van der Waals surface area contributed by atoms with Crippen LogP contribution in [0.5, 0.6) is 0 Å². The van der Waals surface area contributed by atoms with E-state index in [2.05, 4.69) is 20.7 Å². The third kappa shape index (κ3) is 3.48. The van der Waals surface area contributed by atoms with Crippen LogP contribution in [0.25, 0.3) is 0 Å². The highest BCUT2D eigenvalue weighted by Crippen LogP contribution is 2.24. The van der Waals surface area contributed by atoms with Crippen LogP contribution in [0.1, 0.15) is 24.1 Å². The largest absolute Gasteiger partial charge is 0.241 e. The van der Waals surface area contributed by atoms with Crippen molar-refractivity contribution >= 4 is 26.0 Å². The molecule has 106 valence electrons. The fourth-order valence-electron chi connectivity index (χ4n) is 1.91. The summed E-state index contributed by atoms with van der Waals surface area (Å²) in [5.41, 5.74) is 1.94. The van der Waals surface area contributed by atoms with Crippen molar-refractivity contribution in [2.45, 2.75) is 24.8 Å². The lowest BCUT2D eigenvalue weighted by Crippen LogP contribution is -2.27. The monoisotopic (exact) mass is 353 g/mol. The van der Waals surface area contributed by atoms with E-state index in [0.717, 1.165) is 15.6 Å². The molecule has 0 unspecified atom stereocenters. The molecule has 0 fully saturated rings. The lowest BCUT2D eigenvalue weighted by atomic mass is 10.1. The lowest BCUT2D eigenvalue weighted by Gasteiger charge is -2.16. The number of sulfonamides is 1. The number of halogens is 1. The van der Waals surface area contributed by atoms with E-state index in [-0.39, 0.29) is 10.9 Å². The summed E-state index contributed by atoms with van der Waals surface area (Å²) in [5.74, 6) is 0. The van der Waals surface area contributed by atoms with Crippen LogP contribution >= 0.6 is 15.9 Å². The Bertz CT molecular complexity index is 696. The van der Waals surface area contributed by atoms with Gasteiger partial charge in [-0.2, -0.15) is 0 Å². The van der Waals surface area contributed by atoms with Gasteiger partial charge in [0, 0.05) is 10.5 Å². The SMILES string of the molecule is Cc1ccc(S(=O)(=O)N[C@H](C)c2ccccc2Br)cc1. The van der Waals surface area contributed by atoms with Crippen molar-refractivity contribution < 1.29 is 8.42 Å². The molecule has 0 amide bonds. The Morgan fingerprint density at radius 3 is 2.25 bits per heavy atom. The molecule has 0 radical (unpaired) electrons. The van der Waals surface area contributed by atoms with Crippen molar-refractivity contribution in [3.05, 3.63) is 64.1 Å². The van der Waals surface area contributed by atoms with E-state index in [1.807, 2.05) is 38.1 Å². The van der Waals surface area contributed by atoms with Crippen molar-refractivity contribution in [2.75, 3.05) is 0 Å². The maximum Gasteiger partial charge on any atom is 0.241 e. The van der Waals surface area contributed by atoms with Gasteiger partial charge in [-0.1, -0.05) is 51.8 Å². The maximum atomic E-state index is 12.3. The van der Waals surface area contributed by atoms with Gasteiger partial charge in [0.1, 0.15) is 0 Å². The summed E-state index contributed by atoms with van der Waals surface area (Å²) >= 11 is 3.44. The second kappa shape index (κ2) is 6.08. The predicted molar refractivity (Wildman–Crippen MR) is 84.1 cm³/mol. The van der Waals surface area contributed by atoms with E-state index in [1.165, 1.54) is 0 Å². The first-order chi connectivity index (χ1) is 9.40. The average molecular weight is 354 g/mol. The van der Waals surface area contributed by atoms with Crippen molar-refractivity contribution in [1.29, 1.82) is 0 Å². The van der Waals surface area contributed by atoms with Crippen LogP contribution in [0.3, 0.4) is 0 Å². The minimum absolute atomic E-state index is 0.280. The van der Waals surface area contributed by atoms with Crippen molar-refractivity contribution in [1.82, 2.24) is 4.72 Å². The van der Waals surface area contributed by atoms with Gasteiger partial charge >= 0.3 is 0 Å². The maximum absolute atomic E-state index is 12.3. The minimum Gasteiger partial charge on any atom is -0.207 e. The van der Waals surface area contributed by atoms with E-state index < -0.39 is 10.0 Å². The minimum atomic E-state index is -3.51. The van der Waals surface area contributed by atoms with Gasteiger partial charge in [-0.15, -0.1) is 0 Å². The molecule has 0 bridgehead atoms. The van der Waals surface area contributed by atoms with E-state index >= 15 is 0 Å². The molecule has 20 heavy (non-hydrogen) atoms. The van der Waals surface area contributed by atoms with Gasteiger partial charge in [-0.05, 0) is 37.6 Å². The first-order valence-corrected chi connectivity index (χ1v) is 8.51. The van der Waals surface area contributed by atoms with Crippen molar-refractivity contribution in [3.63, 3.8) is 0 Å². The summed E-state index contributed by atoms with van der Waals surface area (Å²) < 4.78 is 28.2. The summed E-state index contributed by atoms with van der Waals surface area (Å²) in [7, 11) is -3.51. The van der Waals surface area contributed by atoms with Crippen molar-refractivity contribution in [3.8, 4) is 0 Å². The highest BCUT2D eigenvalue weighted by molar-refractivity contribution is 9.10. The molecule has 2 aromatic rings. The molecule has 0 spiro atoms. The quantitative estimate of drug-likeness (QED) is 0.908. The van der Waals surface area contributed by atoms with Crippen LogP contribution in [0.2, 0.25) is 0 Å². The van der Waals surface area contributed by atoms with E-state index in [0.29, 0.717) is 0 Å². The molecule has 2 aromatic carbocycles. The van der Waals surface area contributed by atoms with Gasteiger partial charge < -0.3 is 0 Å². The van der Waals surface area contributed by atoms with Crippen LogP contribution in [0, 0.1) is 6.92 Å². The van der Waals surface area contributed by atoms with Crippen molar-refractivity contribution in [2.24, 2.45) is 0 Å². The van der Waals surface area contributed by atoms with E-state index in [1.54, 1.807) is 24.3 Å². The van der Waals surface area contributed by atoms with Gasteiger partial charge in [-0.3, -0.25) is 0 Å². The molecule has 0 aliphatic heterocycles. The zero-order chi connectivity index (χ0) is 14.8. The summed E-state index contributed by atoms with van der Waals surface area (Å²) in [6, 6.07) is 14.1. The Balaban J connectivity index is 2.24. The Hall–Kier alpha value is -1.17. The number of benzene rings is 2. The summed E-state index contributed by atoms with van der Waals surface area (Å²) in [5, 5.41) is 0. The van der Waals surface area contributed by atoms with E-state index in [4.69, 9.17) is 0 Å². The molecule has 1 atom stereocenters. The molecule has 0 saturated carbocycles. The van der Waals surface area contributed by atoms with Crippen LogP contribution in [0.4, 0.5) is 0 Å². The van der Waals surface area contributed by atoms with Crippen LogP contribution in [-0.2, 0) is 10.0 Å². The first kappa shape index (κ1) is 15.2. The van der Waals surface area contributed by atoms with Crippen LogP contribution in [0.15, 0.2) is 57.9 Å². The molecule has 0 aliphatic rings. The fraction of sp³-hybridized carbons (Fsp3) is 0.200. The van der Waals surface area contributed by atoms with Gasteiger partial charge in [0.25, 0.3) is 0 Å². The molecular formula is C15H16BrNO2S. The molecule has 0 aromatic heterocycles. The van der Waals surface area contributed by atoms with Crippen LogP contribution in [-0.4, -0.2) is 8.42 Å². The zero-order valence-electron chi connectivity index (χ0n) is 11.3. The molecule has 0 aliphatic carbocycles.